The van der Waals surface area contributed by atoms with Gasteiger partial charge in [-0.15, -0.1) is 10.2 Å². The van der Waals surface area contributed by atoms with Gasteiger partial charge in [0.2, 0.25) is 11.8 Å². The molecule has 4 heterocycles. The van der Waals surface area contributed by atoms with Gasteiger partial charge in [-0.1, -0.05) is 31.2 Å². The molecule has 2 N–H and O–H groups in total. The normalized spacial score (nSPS) is 25.3. The summed E-state index contributed by atoms with van der Waals surface area (Å²) in [6, 6.07) is -1.16. The fourth-order valence-electron chi connectivity index (χ4n) is 5.09. The van der Waals surface area contributed by atoms with E-state index in [-0.39, 0.29) is 30.8 Å². The minimum atomic E-state index is -0.753. The van der Waals surface area contributed by atoms with Crippen molar-refractivity contribution in [1.82, 2.24) is 40.2 Å². The summed E-state index contributed by atoms with van der Waals surface area (Å²) in [6.45, 7) is 7.77. The molecule has 0 spiro atoms. The molecule has 0 bridgehead atoms. The molecule has 2 aromatic heterocycles. The third kappa shape index (κ3) is 5.29. The Kier molecular flexibility index (Phi) is 6.82. The number of rotatable bonds is 8. The van der Waals surface area contributed by atoms with E-state index in [0.29, 0.717) is 25.5 Å². The van der Waals surface area contributed by atoms with Crippen molar-refractivity contribution in [3.63, 3.8) is 0 Å². The first-order valence-corrected chi connectivity index (χ1v) is 12.9. The number of nitrogens with zero attached hydrogens (tertiary/aromatic N) is 7. The Morgan fingerprint density at radius 3 is 2.69 bits per heavy atom. The van der Waals surface area contributed by atoms with Crippen LogP contribution in [0.25, 0.3) is 0 Å². The van der Waals surface area contributed by atoms with Gasteiger partial charge in [-0.2, -0.15) is 0 Å². The minimum absolute atomic E-state index is 0.117. The molecule has 2 amide bonds. The predicted octanol–water partition coefficient (Wildman–Crippen LogP) is 0.616. The number of amides is 2. The second-order valence-electron chi connectivity index (χ2n) is 11.3. The number of hydrogen-bond acceptors (Lipinski definition) is 8. The Labute approximate surface area is 210 Å². The molecule has 1 saturated carbocycles. The van der Waals surface area contributed by atoms with Crippen LogP contribution in [0.2, 0.25) is 0 Å². The second kappa shape index (κ2) is 9.89. The number of carbonyl (C=O) groups excluding carboxylic acids is 2. The van der Waals surface area contributed by atoms with Crippen molar-refractivity contribution in [3.05, 3.63) is 23.8 Å². The van der Waals surface area contributed by atoms with Crippen LogP contribution in [-0.2, 0) is 20.7 Å². The molecule has 3 aliphatic rings. The van der Waals surface area contributed by atoms with Gasteiger partial charge in [-0.25, -0.2) is 9.36 Å². The van der Waals surface area contributed by atoms with Crippen LogP contribution >= 0.6 is 0 Å². The maximum atomic E-state index is 13.8. The first kappa shape index (κ1) is 24.8. The minimum Gasteiger partial charge on any atom is -0.391 e. The van der Waals surface area contributed by atoms with Gasteiger partial charge in [0.05, 0.1) is 30.1 Å². The molecule has 3 unspecified atom stereocenters. The van der Waals surface area contributed by atoms with Crippen LogP contribution in [0.3, 0.4) is 0 Å². The molecule has 196 valence electrons. The SMILES string of the molecule is CC(C)(C)[C@H](C(=O)N1CC(O)CC1C(=O)NCCc1cn(C2CCOC2)nn1)n1cc(C2CC2)nn1. The van der Waals surface area contributed by atoms with E-state index >= 15 is 0 Å². The van der Waals surface area contributed by atoms with Crippen LogP contribution in [0.15, 0.2) is 12.4 Å². The molecular formula is C24H36N8O4. The summed E-state index contributed by atoms with van der Waals surface area (Å²) in [4.78, 5) is 28.4. The summed E-state index contributed by atoms with van der Waals surface area (Å²) in [5, 5.41) is 30.2. The molecule has 12 heteroatoms. The van der Waals surface area contributed by atoms with E-state index < -0.39 is 23.6 Å². The van der Waals surface area contributed by atoms with Crippen molar-refractivity contribution in [2.75, 3.05) is 26.3 Å². The summed E-state index contributed by atoms with van der Waals surface area (Å²) in [5.74, 6) is -0.0794. The highest BCUT2D eigenvalue weighted by Crippen LogP contribution is 2.40. The maximum Gasteiger partial charge on any atom is 0.248 e. The lowest BCUT2D eigenvalue weighted by Gasteiger charge is -2.34. The third-order valence-electron chi connectivity index (χ3n) is 7.23. The first-order chi connectivity index (χ1) is 17.2. The Morgan fingerprint density at radius 2 is 2.00 bits per heavy atom. The fraction of sp³-hybridized carbons (Fsp3) is 0.750. The summed E-state index contributed by atoms with van der Waals surface area (Å²) < 4.78 is 8.86. The number of hydrogen-bond donors (Lipinski definition) is 2. The molecule has 2 aromatic rings. The smallest absolute Gasteiger partial charge is 0.248 e. The average molecular weight is 501 g/mol. The maximum absolute atomic E-state index is 13.8. The first-order valence-electron chi connectivity index (χ1n) is 12.9. The van der Waals surface area contributed by atoms with Gasteiger partial charge in [-0.3, -0.25) is 9.59 Å². The lowest BCUT2D eigenvalue weighted by molar-refractivity contribution is -0.144. The molecular weight excluding hydrogens is 464 g/mol. The summed E-state index contributed by atoms with van der Waals surface area (Å²) in [5.41, 5.74) is 1.23. The molecule has 0 radical (unpaired) electrons. The Hall–Kier alpha value is -2.86. The average Bonchev–Trinajstić information content (AvgIpc) is 3.28. The number of nitrogens with one attached hydrogen (secondary N) is 1. The topological polar surface area (TPSA) is 140 Å². The van der Waals surface area contributed by atoms with Crippen LogP contribution < -0.4 is 5.32 Å². The van der Waals surface area contributed by atoms with Crippen molar-refractivity contribution in [3.8, 4) is 0 Å². The second-order valence-corrected chi connectivity index (χ2v) is 11.3. The van der Waals surface area contributed by atoms with E-state index in [4.69, 9.17) is 4.74 Å². The molecule has 1 aliphatic carbocycles. The number of aliphatic hydroxyl groups is 1. The fourth-order valence-corrected chi connectivity index (χ4v) is 5.09. The van der Waals surface area contributed by atoms with Crippen LogP contribution in [0.1, 0.15) is 75.8 Å². The van der Waals surface area contributed by atoms with Crippen LogP contribution in [0.4, 0.5) is 0 Å². The third-order valence-corrected chi connectivity index (χ3v) is 7.23. The Balaban J connectivity index is 1.22. The zero-order valence-electron chi connectivity index (χ0n) is 21.2. The number of aromatic nitrogens is 6. The number of carbonyl (C=O) groups is 2. The molecule has 36 heavy (non-hydrogen) atoms. The van der Waals surface area contributed by atoms with E-state index in [1.165, 1.54) is 4.90 Å². The van der Waals surface area contributed by atoms with Crippen molar-refractivity contribution < 1.29 is 19.4 Å². The molecule has 5 rings (SSSR count). The number of ether oxygens (including phenoxy) is 1. The van der Waals surface area contributed by atoms with Crippen LogP contribution in [-0.4, -0.2) is 90.3 Å². The van der Waals surface area contributed by atoms with Gasteiger partial charge in [0.1, 0.15) is 12.1 Å². The largest absolute Gasteiger partial charge is 0.391 e. The van der Waals surface area contributed by atoms with Crippen molar-refractivity contribution in [2.45, 2.75) is 83.0 Å². The number of β-amino-alcohol motifs (C(OH)–C–C–N with tert-alkyl or cyclic N) is 1. The van der Waals surface area contributed by atoms with Gasteiger partial charge < -0.3 is 20.1 Å². The van der Waals surface area contributed by atoms with E-state index in [2.05, 4.69) is 25.9 Å². The summed E-state index contributed by atoms with van der Waals surface area (Å²) in [7, 11) is 0. The van der Waals surface area contributed by atoms with Crippen molar-refractivity contribution in [1.29, 1.82) is 0 Å². The zero-order chi connectivity index (χ0) is 25.4. The van der Waals surface area contributed by atoms with E-state index in [0.717, 1.165) is 37.3 Å². The van der Waals surface area contributed by atoms with E-state index in [9.17, 15) is 14.7 Å². The van der Waals surface area contributed by atoms with Gasteiger partial charge in [0, 0.05) is 50.8 Å². The Bertz CT molecular complexity index is 1080. The van der Waals surface area contributed by atoms with Crippen molar-refractivity contribution in [2.24, 2.45) is 5.41 Å². The lowest BCUT2D eigenvalue weighted by Crippen LogP contribution is -2.50. The van der Waals surface area contributed by atoms with Gasteiger partial charge in [0.15, 0.2) is 0 Å². The van der Waals surface area contributed by atoms with Crippen LogP contribution in [0.5, 0.6) is 0 Å². The molecule has 2 saturated heterocycles. The highest BCUT2D eigenvalue weighted by atomic mass is 16.5. The monoisotopic (exact) mass is 500 g/mol. The molecule has 12 nitrogen and oxygen atoms in total. The lowest BCUT2D eigenvalue weighted by atomic mass is 9.85. The highest BCUT2D eigenvalue weighted by Gasteiger charge is 2.45. The molecule has 2 aliphatic heterocycles. The van der Waals surface area contributed by atoms with Gasteiger partial charge in [-0.05, 0) is 24.7 Å². The van der Waals surface area contributed by atoms with E-state index in [1.54, 1.807) is 4.68 Å². The summed E-state index contributed by atoms with van der Waals surface area (Å²) in [6.07, 6.45) is 6.83. The standard InChI is InChI=1S/C24H36N8O4/c1-24(2,3)21(32-13-19(27-29-32)15-4-5-15)23(35)30-12-18(33)10-20(30)22(34)25-8-6-16-11-31(28-26-16)17-7-9-36-14-17/h11,13,15,17-18,20-21,33H,4-10,12,14H2,1-3H3,(H,25,34)/t17?,18?,20?,21-/m0/s1. The van der Waals surface area contributed by atoms with Crippen LogP contribution in [0, 0.1) is 5.41 Å². The highest BCUT2D eigenvalue weighted by molar-refractivity contribution is 5.90. The number of aliphatic hydroxyl groups excluding tert-OH is 1. The number of likely N-dealkylation sites (tertiary alicyclic amines) is 1. The van der Waals surface area contributed by atoms with Gasteiger partial charge in [0.25, 0.3) is 0 Å². The van der Waals surface area contributed by atoms with Gasteiger partial charge >= 0.3 is 0 Å². The quantitative estimate of drug-likeness (QED) is 0.537. The molecule has 4 atom stereocenters. The van der Waals surface area contributed by atoms with Crippen molar-refractivity contribution >= 4 is 11.8 Å². The Morgan fingerprint density at radius 1 is 1.19 bits per heavy atom. The van der Waals surface area contributed by atoms with E-state index in [1.807, 2.05) is 37.8 Å². The molecule has 3 fully saturated rings. The predicted molar refractivity (Wildman–Crippen MR) is 128 cm³/mol. The summed E-state index contributed by atoms with van der Waals surface area (Å²) >= 11 is 0. The molecule has 0 aromatic carbocycles. The zero-order valence-corrected chi connectivity index (χ0v) is 21.2.